The van der Waals surface area contributed by atoms with Crippen LogP contribution in [0.2, 0.25) is 0 Å². The van der Waals surface area contributed by atoms with Crippen LogP contribution >= 0.6 is 22.6 Å². The summed E-state index contributed by atoms with van der Waals surface area (Å²) >= 11 is 2.20. The second-order valence-electron chi connectivity index (χ2n) is 4.83. The monoisotopic (exact) mass is 395 g/mol. The zero-order valence-electron chi connectivity index (χ0n) is 12.2. The van der Waals surface area contributed by atoms with Crippen LogP contribution in [0.1, 0.15) is 21.5 Å². The maximum absolute atomic E-state index is 12.1. The highest BCUT2D eigenvalue weighted by Gasteiger charge is 2.07. The first kappa shape index (κ1) is 15.8. The van der Waals surface area contributed by atoms with Crippen molar-refractivity contribution in [3.8, 4) is 5.75 Å². The van der Waals surface area contributed by atoms with Gasteiger partial charge in [0.25, 0.3) is 5.91 Å². The second-order valence-corrected chi connectivity index (χ2v) is 6.08. The number of carbonyl (C=O) groups excluding carboxylic acids is 1. The molecule has 0 saturated carbocycles. The maximum Gasteiger partial charge on any atom is 0.251 e. The average Bonchev–Trinajstić information content (AvgIpc) is 2.47. The first-order valence-corrected chi connectivity index (χ1v) is 7.85. The number of hydrogen-bond donors (Lipinski definition) is 1. The lowest BCUT2D eigenvalue weighted by Crippen LogP contribution is -2.25. The number of halogens is 1. The van der Waals surface area contributed by atoms with Crippen molar-refractivity contribution in [1.82, 2.24) is 5.32 Å². The number of hydrogen-bond acceptors (Lipinski definition) is 2. The van der Waals surface area contributed by atoms with Crippen LogP contribution in [0.4, 0.5) is 0 Å². The van der Waals surface area contributed by atoms with Crippen LogP contribution in [-0.2, 0) is 6.42 Å². The molecule has 0 aliphatic carbocycles. The molecule has 2 aromatic carbocycles. The lowest BCUT2D eigenvalue weighted by molar-refractivity contribution is 0.0954. The Bertz CT molecular complexity index is 640. The first-order valence-electron chi connectivity index (χ1n) is 6.77. The molecule has 0 radical (unpaired) electrons. The summed E-state index contributed by atoms with van der Waals surface area (Å²) < 4.78 is 6.40. The zero-order valence-corrected chi connectivity index (χ0v) is 14.3. The van der Waals surface area contributed by atoms with Gasteiger partial charge in [-0.15, -0.1) is 0 Å². The van der Waals surface area contributed by atoms with Crippen molar-refractivity contribution in [2.75, 3.05) is 13.7 Å². The van der Waals surface area contributed by atoms with E-state index in [-0.39, 0.29) is 5.91 Å². The van der Waals surface area contributed by atoms with Gasteiger partial charge in [0.05, 0.1) is 7.11 Å². The van der Waals surface area contributed by atoms with Crippen molar-refractivity contribution in [2.45, 2.75) is 13.3 Å². The summed E-state index contributed by atoms with van der Waals surface area (Å²) in [7, 11) is 1.67. The quantitative estimate of drug-likeness (QED) is 0.787. The van der Waals surface area contributed by atoms with E-state index in [0.29, 0.717) is 12.1 Å². The molecule has 1 N–H and O–H groups in total. The van der Waals surface area contributed by atoms with E-state index >= 15 is 0 Å². The van der Waals surface area contributed by atoms with Crippen LogP contribution in [0.25, 0.3) is 0 Å². The molecule has 2 aromatic rings. The van der Waals surface area contributed by atoms with Gasteiger partial charge in [0, 0.05) is 15.7 Å². The predicted molar refractivity (Wildman–Crippen MR) is 92.9 cm³/mol. The molecule has 3 nitrogen and oxygen atoms in total. The fourth-order valence-corrected chi connectivity index (χ4v) is 2.69. The van der Waals surface area contributed by atoms with E-state index in [4.69, 9.17) is 4.74 Å². The minimum Gasteiger partial charge on any atom is -0.496 e. The highest BCUT2D eigenvalue weighted by Crippen LogP contribution is 2.19. The number of nitrogens with one attached hydrogen (secondary N) is 1. The molecule has 0 aromatic heterocycles. The molecule has 0 unspecified atom stereocenters. The molecule has 0 fully saturated rings. The third kappa shape index (κ3) is 4.46. The number of benzene rings is 2. The van der Waals surface area contributed by atoms with E-state index < -0.39 is 0 Å². The normalized spacial score (nSPS) is 10.2. The Kier molecular flexibility index (Phi) is 5.61. The van der Waals surface area contributed by atoms with Crippen LogP contribution in [0.3, 0.4) is 0 Å². The van der Waals surface area contributed by atoms with Crippen molar-refractivity contribution in [2.24, 2.45) is 0 Å². The summed E-state index contributed by atoms with van der Waals surface area (Å²) in [6.45, 7) is 2.64. The molecule has 0 bridgehead atoms. The van der Waals surface area contributed by atoms with Gasteiger partial charge in [-0.1, -0.05) is 23.8 Å². The molecule has 21 heavy (non-hydrogen) atoms. The SMILES string of the molecule is COc1ccc(C)cc1CCNC(=O)c1cccc(I)c1. The van der Waals surface area contributed by atoms with Gasteiger partial charge in [-0.2, -0.15) is 0 Å². The Hall–Kier alpha value is -1.56. The number of ether oxygens (including phenoxy) is 1. The summed E-state index contributed by atoms with van der Waals surface area (Å²) in [6, 6.07) is 13.6. The van der Waals surface area contributed by atoms with Gasteiger partial charge in [0.15, 0.2) is 0 Å². The van der Waals surface area contributed by atoms with Crippen LogP contribution in [-0.4, -0.2) is 19.6 Å². The van der Waals surface area contributed by atoms with E-state index in [9.17, 15) is 4.79 Å². The molecular weight excluding hydrogens is 377 g/mol. The largest absolute Gasteiger partial charge is 0.496 e. The van der Waals surface area contributed by atoms with E-state index in [2.05, 4.69) is 34.0 Å². The lowest BCUT2D eigenvalue weighted by Gasteiger charge is -2.10. The van der Waals surface area contributed by atoms with Crippen LogP contribution in [0.5, 0.6) is 5.75 Å². The predicted octanol–water partition coefficient (Wildman–Crippen LogP) is 3.58. The number of rotatable bonds is 5. The van der Waals surface area contributed by atoms with Crippen LogP contribution in [0.15, 0.2) is 42.5 Å². The van der Waals surface area contributed by atoms with Gasteiger partial charge in [-0.05, 0) is 65.8 Å². The maximum atomic E-state index is 12.1. The van der Waals surface area contributed by atoms with E-state index in [1.54, 1.807) is 7.11 Å². The number of methoxy groups -OCH3 is 1. The molecule has 0 heterocycles. The summed E-state index contributed by atoms with van der Waals surface area (Å²) in [6.07, 6.45) is 0.751. The van der Waals surface area contributed by atoms with Gasteiger partial charge in [-0.3, -0.25) is 4.79 Å². The fourth-order valence-electron chi connectivity index (χ4n) is 2.15. The Labute approximate surface area is 138 Å². The summed E-state index contributed by atoms with van der Waals surface area (Å²) in [4.78, 5) is 12.1. The molecule has 0 saturated heterocycles. The molecule has 0 atom stereocenters. The van der Waals surface area contributed by atoms with Crippen molar-refractivity contribution in [3.63, 3.8) is 0 Å². The van der Waals surface area contributed by atoms with Crippen molar-refractivity contribution < 1.29 is 9.53 Å². The molecule has 1 amide bonds. The second kappa shape index (κ2) is 7.45. The van der Waals surface area contributed by atoms with Crippen LogP contribution in [0, 0.1) is 10.5 Å². The third-order valence-corrected chi connectivity index (χ3v) is 3.87. The van der Waals surface area contributed by atoms with Gasteiger partial charge >= 0.3 is 0 Å². The number of aryl methyl sites for hydroxylation is 1. The number of amides is 1. The Morgan fingerprint density at radius 2 is 2.05 bits per heavy atom. The Balaban J connectivity index is 1.95. The fraction of sp³-hybridized carbons (Fsp3) is 0.235. The standard InChI is InChI=1S/C17H18INO2/c1-12-6-7-16(21-2)13(10-12)8-9-19-17(20)14-4-3-5-15(18)11-14/h3-7,10-11H,8-9H2,1-2H3,(H,19,20). The minimum atomic E-state index is -0.0415. The first-order chi connectivity index (χ1) is 10.1. The van der Waals surface area contributed by atoms with Gasteiger partial charge in [0.2, 0.25) is 0 Å². The van der Waals surface area contributed by atoms with E-state index in [1.807, 2.05) is 43.3 Å². The van der Waals surface area contributed by atoms with Crippen molar-refractivity contribution in [3.05, 3.63) is 62.7 Å². The number of carbonyl (C=O) groups is 1. The van der Waals surface area contributed by atoms with E-state index in [1.165, 1.54) is 5.56 Å². The van der Waals surface area contributed by atoms with Gasteiger partial charge < -0.3 is 10.1 Å². The van der Waals surface area contributed by atoms with E-state index in [0.717, 1.165) is 21.3 Å². The van der Waals surface area contributed by atoms with Crippen molar-refractivity contribution in [1.29, 1.82) is 0 Å². The lowest BCUT2D eigenvalue weighted by atomic mass is 10.1. The third-order valence-electron chi connectivity index (χ3n) is 3.20. The summed E-state index contributed by atoms with van der Waals surface area (Å²) in [5.74, 6) is 0.823. The average molecular weight is 395 g/mol. The van der Waals surface area contributed by atoms with Gasteiger partial charge in [0.1, 0.15) is 5.75 Å². The minimum absolute atomic E-state index is 0.0415. The molecule has 0 aliphatic rings. The smallest absolute Gasteiger partial charge is 0.251 e. The molecule has 2 rings (SSSR count). The topological polar surface area (TPSA) is 38.3 Å². The molecule has 110 valence electrons. The van der Waals surface area contributed by atoms with Crippen LogP contribution < -0.4 is 10.1 Å². The Morgan fingerprint density at radius 1 is 1.24 bits per heavy atom. The van der Waals surface area contributed by atoms with Crippen molar-refractivity contribution >= 4 is 28.5 Å². The van der Waals surface area contributed by atoms with Gasteiger partial charge in [-0.25, -0.2) is 0 Å². The highest BCUT2D eigenvalue weighted by atomic mass is 127. The molecule has 0 aliphatic heterocycles. The Morgan fingerprint density at radius 3 is 2.76 bits per heavy atom. The molecule has 4 heteroatoms. The zero-order chi connectivity index (χ0) is 15.2. The summed E-state index contributed by atoms with van der Waals surface area (Å²) in [5.41, 5.74) is 2.99. The summed E-state index contributed by atoms with van der Waals surface area (Å²) in [5, 5.41) is 2.95. The highest BCUT2D eigenvalue weighted by molar-refractivity contribution is 14.1. The molecular formula is C17H18INO2. The molecule has 0 spiro atoms.